The van der Waals surface area contributed by atoms with Crippen molar-refractivity contribution < 1.29 is 9.50 Å². The first-order valence-electron chi connectivity index (χ1n) is 10.8. The maximum absolute atomic E-state index is 15.3. The van der Waals surface area contributed by atoms with Gasteiger partial charge in [0.05, 0.1) is 11.1 Å². The van der Waals surface area contributed by atoms with E-state index in [0.29, 0.717) is 5.39 Å². The van der Waals surface area contributed by atoms with Crippen molar-refractivity contribution >= 4 is 10.8 Å². The zero-order chi connectivity index (χ0) is 24.1. The number of hydrogen-bond donors (Lipinski definition) is 1. The summed E-state index contributed by atoms with van der Waals surface area (Å²) in [5.41, 5.74) is 1.13. The molecule has 0 aliphatic heterocycles. The van der Waals surface area contributed by atoms with E-state index in [0.717, 1.165) is 21.5 Å². The molecule has 0 atom stereocenters. The highest BCUT2D eigenvalue weighted by molar-refractivity contribution is 5.88. The van der Waals surface area contributed by atoms with Crippen LogP contribution >= 0.6 is 0 Å². The number of halogens is 1. The number of aliphatic hydroxyl groups is 1. The summed E-state index contributed by atoms with van der Waals surface area (Å²) >= 11 is 0. The molecule has 7 nitrogen and oxygen atoms in total. The van der Waals surface area contributed by atoms with Gasteiger partial charge in [0.1, 0.15) is 18.1 Å². The maximum atomic E-state index is 15.3. The summed E-state index contributed by atoms with van der Waals surface area (Å²) in [6.45, 7) is 9.55. The van der Waals surface area contributed by atoms with Crippen molar-refractivity contribution in [3.05, 3.63) is 86.2 Å². The molecule has 8 heteroatoms. The van der Waals surface area contributed by atoms with E-state index in [1.54, 1.807) is 17.7 Å². The normalized spacial score (nSPS) is 12.0. The number of aliphatic hydroxyl groups excluding tert-OH is 1. The number of rotatable bonds is 4. The third-order valence-electron chi connectivity index (χ3n) is 5.89. The molecule has 2 aromatic carbocycles. The Morgan fingerprint density at radius 3 is 2.33 bits per heavy atom. The van der Waals surface area contributed by atoms with Crippen molar-refractivity contribution in [3.63, 3.8) is 0 Å². The number of benzene rings is 2. The van der Waals surface area contributed by atoms with Gasteiger partial charge in [0.15, 0.2) is 5.82 Å². The van der Waals surface area contributed by atoms with E-state index in [1.165, 1.54) is 16.7 Å². The maximum Gasteiger partial charge on any atom is 0.350 e. The van der Waals surface area contributed by atoms with Gasteiger partial charge in [0, 0.05) is 12.7 Å². The van der Waals surface area contributed by atoms with Crippen LogP contribution in [0.1, 0.15) is 44.6 Å². The number of fused-ring (bicyclic) bond motifs is 1. The minimum absolute atomic E-state index is 0.0621. The predicted molar refractivity (Wildman–Crippen MR) is 126 cm³/mol. The second-order valence-electron chi connectivity index (χ2n) is 9.12. The molecule has 4 aromatic rings. The highest BCUT2D eigenvalue weighted by atomic mass is 19.1. The van der Waals surface area contributed by atoms with E-state index in [2.05, 4.69) is 5.10 Å². The number of aryl methyl sites for hydroxylation is 1. The molecule has 0 saturated carbocycles. The van der Waals surface area contributed by atoms with Crippen LogP contribution in [0, 0.1) is 12.7 Å². The second-order valence-corrected chi connectivity index (χ2v) is 9.12. The van der Waals surface area contributed by atoms with Crippen LogP contribution in [0.25, 0.3) is 22.1 Å². The summed E-state index contributed by atoms with van der Waals surface area (Å²) in [7, 11) is 0. The lowest BCUT2D eigenvalue weighted by molar-refractivity contribution is 0.264. The minimum atomic E-state index is -0.741. The topological polar surface area (TPSA) is 82.0 Å². The van der Waals surface area contributed by atoms with E-state index in [9.17, 15) is 14.7 Å². The fourth-order valence-electron chi connectivity index (χ4n) is 4.15. The fourth-order valence-corrected chi connectivity index (χ4v) is 4.15. The van der Waals surface area contributed by atoms with Crippen LogP contribution in [0.2, 0.25) is 0 Å². The Kier molecular flexibility index (Phi) is 5.57. The van der Waals surface area contributed by atoms with Gasteiger partial charge in [-0.15, -0.1) is 5.10 Å². The quantitative estimate of drug-likeness (QED) is 0.515. The summed E-state index contributed by atoms with van der Waals surface area (Å²) < 4.78 is 19.1. The Bertz CT molecular complexity index is 1490. The molecule has 172 valence electrons. The predicted octanol–water partition coefficient (Wildman–Crippen LogP) is 3.60. The highest BCUT2D eigenvalue weighted by Crippen LogP contribution is 2.31. The molecule has 0 unspecified atom stereocenters. The summed E-state index contributed by atoms with van der Waals surface area (Å²) in [6.07, 6.45) is 1.79. The van der Waals surface area contributed by atoms with Gasteiger partial charge in [0.2, 0.25) is 0 Å². The molecule has 0 aliphatic carbocycles. The summed E-state index contributed by atoms with van der Waals surface area (Å²) in [5.74, 6) is -0.595. The van der Waals surface area contributed by atoms with Crippen molar-refractivity contribution in [3.8, 4) is 11.4 Å². The van der Waals surface area contributed by atoms with Crippen LogP contribution in [0.3, 0.4) is 0 Å². The van der Waals surface area contributed by atoms with Crippen LogP contribution in [0.4, 0.5) is 4.39 Å². The van der Waals surface area contributed by atoms with Crippen molar-refractivity contribution in [1.29, 1.82) is 0 Å². The Balaban J connectivity index is 2.09. The van der Waals surface area contributed by atoms with Crippen molar-refractivity contribution in [2.75, 3.05) is 0 Å². The molecule has 0 amide bonds. The average molecular weight is 451 g/mol. The van der Waals surface area contributed by atoms with E-state index in [4.69, 9.17) is 0 Å². The molecular formula is C25H27FN4O3. The molecule has 4 rings (SSSR count). The monoisotopic (exact) mass is 450 g/mol. The Hall–Kier alpha value is -3.52. The third kappa shape index (κ3) is 3.70. The molecule has 0 aliphatic rings. The van der Waals surface area contributed by atoms with Gasteiger partial charge in [-0.05, 0) is 54.0 Å². The van der Waals surface area contributed by atoms with Crippen LogP contribution in [0.5, 0.6) is 0 Å². The molecule has 1 N–H and O–H groups in total. The lowest BCUT2D eigenvalue weighted by Gasteiger charge is -2.24. The van der Waals surface area contributed by atoms with Gasteiger partial charge in [-0.25, -0.2) is 9.18 Å². The van der Waals surface area contributed by atoms with E-state index in [-0.39, 0.29) is 34.4 Å². The minimum Gasteiger partial charge on any atom is -0.388 e. The number of para-hydroxylation sites is 1. The molecule has 2 aromatic heterocycles. The molecule has 33 heavy (non-hydrogen) atoms. The number of hydrogen-bond acceptors (Lipinski definition) is 4. The van der Waals surface area contributed by atoms with Gasteiger partial charge in [0.25, 0.3) is 5.56 Å². The molecule has 0 saturated heterocycles. The van der Waals surface area contributed by atoms with E-state index < -0.39 is 18.1 Å². The molecule has 2 heterocycles. The molecule has 0 fully saturated rings. The van der Waals surface area contributed by atoms with Gasteiger partial charge in [-0.2, -0.15) is 4.68 Å². The van der Waals surface area contributed by atoms with Gasteiger partial charge < -0.3 is 5.11 Å². The molecular weight excluding hydrogens is 423 g/mol. The first-order valence-corrected chi connectivity index (χ1v) is 10.8. The molecule has 0 spiro atoms. The van der Waals surface area contributed by atoms with Crippen LogP contribution < -0.4 is 11.2 Å². The van der Waals surface area contributed by atoms with Gasteiger partial charge in [-0.1, -0.05) is 39.0 Å². The van der Waals surface area contributed by atoms with Crippen molar-refractivity contribution in [2.45, 2.75) is 53.2 Å². The number of aromatic nitrogens is 4. The third-order valence-corrected chi connectivity index (χ3v) is 5.89. The van der Waals surface area contributed by atoms with Crippen molar-refractivity contribution in [2.24, 2.45) is 0 Å². The van der Waals surface area contributed by atoms with Crippen molar-refractivity contribution in [1.82, 2.24) is 18.9 Å². The summed E-state index contributed by atoms with van der Waals surface area (Å²) in [4.78, 5) is 26.3. The largest absolute Gasteiger partial charge is 0.388 e. The zero-order valence-electron chi connectivity index (χ0n) is 19.4. The molecule has 0 bridgehead atoms. The summed E-state index contributed by atoms with van der Waals surface area (Å²) in [5, 5.41) is 14.4. The van der Waals surface area contributed by atoms with Gasteiger partial charge in [-0.3, -0.25) is 13.9 Å². The second kappa shape index (κ2) is 8.12. The number of pyridine rings is 1. The van der Waals surface area contributed by atoms with E-state index in [1.807, 2.05) is 52.0 Å². The lowest BCUT2D eigenvalue weighted by Crippen LogP contribution is -2.26. The summed E-state index contributed by atoms with van der Waals surface area (Å²) in [6, 6.07) is 10.2. The zero-order valence-corrected chi connectivity index (χ0v) is 19.4. The highest BCUT2D eigenvalue weighted by Gasteiger charge is 2.24. The lowest BCUT2D eigenvalue weighted by atomic mass is 9.84. The van der Waals surface area contributed by atoms with E-state index >= 15 is 4.39 Å². The smallest absolute Gasteiger partial charge is 0.350 e. The SMILES string of the molecule is CCn1c(CO)nn(-c2cc3c(C(C)(C)C)cn(-c4ccccc4C)c(=O)c3cc2F)c1=O. The van der Waals surface area contributed by atoms with Crippen LogP contribution in [-0.4, -0.2) is 24.0 Å². The van der Waals surface area contributed by atoms with Crippen LogP contribution in [0.15, 0.2) is 52.2 Å². The van der Waals surface area contributed by atoms with Gasteiger partial charge >= 0.3 is 5.69 Å². The Morgan fingerprint density at radius 2 is 1.76 bits per heavy atom. The Morgan fingerprint density at radius 1 is 1.06 bits per heavy atom. The fraction of sp³-hybridized carbons (Fsp3) is 0.320. The average Bonchev–Trinajstić information content (AvgIpc) is 3.09. The number of nitrogens with zero attached hydrogens (tertiary/aromatic N) is 4. The first-order chi connectivity index (χ1) is 15.6. The Labute approximate surface area is 190 Å². The molecule has 0 radical (unpaired) electrons. The standard InChI is InChI=1S/C25H27FN4O3/c1-6-28-22(14-31)27-30(24(28)33)21-12-16-17(11-19(21)26)23(32)29(13-18(16)25(3,4)5)20-10-8-7-9-15(20)2/h7-13,31H,6,14H2,1-5H3. The first kappa shape index (κ1) is 22.7. The van der Waals surface area contributed by atoms with Crippen LogP contribution in [-0.2, 0) is 18.6 Å².